The summed E-state index contributed by atoms with van der Waals surface area (Å²) in [6.45, 7) is 6.72. The molecule has 5 heteroatoms. The first-order chi connectivity index (χ1) is 10.3. The van der Waals surface area contributed by atoms with Gasteiger partial charge in [0.05, 0.1) is 11.0 Å². The van der Waals surface area contributed by atoms with Crippen molar-refractivity contribution >= 4 is 11.0 Å². The van der Waals surface area contributed by atoms with Crippen molar-refractivity contribution in [2.45, 2.75) is 45.7 Å². The molecule has 0 saturated carbocycles. The molecular weight excluding hydrogens is 264 g/mol. The third kappa shape index (κ3) is 4.03. The van der Waals surface area contributed by atoms with Crippen LogP contribution in [0.2, 0.25) is 0 Å². The number of fused-ring (bicyclic) bond motifs is 1. The standard InChI is InChI=1S/C16H26N4O/c1-3-10-21-11-9-13(19-17)12-16-18-14-7-5-6-8-15(14)20(16)4-2/h5-8,13,19H,3-4,9-12,17H2,1-2H3. The molecule has 0 aliphatic carbocycles. The summed E-state index contributed by atoms with van der Waals surface area (Å²) in [5.41, 5.74) is 5.13. The third-order valence-corrected chi connectivity index (χ3v) is 3.67. The number of hydrogen-bond acceptors (Lipinski definition) is 4. The Hall–Kier alpha value is -1.43. The fourth-order valence-corrected chi connectivity index (χ4v) is 2.57. The fourth-order valence-electron chi connectivity index (χ4n) is 2.57. The highest BCUT2D eigenvalue weighted by Gasteiger charge is 2.14. The van der Waals surface area contributed by atoms with Crippen LogP contribution in [0.5, 0.6) is 0 Å². The number of para-hydroxylation sites is 2. The molecule has 1 aromatic heterocycles. The molecule has 1 aromatic carbocycles. The lowest BCUT2D eigenvalue weighted by molar-refractivity contribution is 0.124. The van der Waals surface area contributed by atoms with E-state index in [0.29, 0.717) is 0 Å². The Kier molecular flexibility index (Phi) is 6.17. The van der Waals surface area contributed by atoms with Crippen molar-refractivity contribution in [2.24, 2.45) is 5.84 Å². The van der Waals surface area contributed by atoms with Gasteiger partial charge >= 0.3 is 0 Å². The second-order valence-electron chi connectivity index (χ2n) is 5.23. The number of hydrogen-bond donors (Lipinski definition) is 2. The van der Waals surface area contributed by atoms with E-state index in [1.807, 2.05) is 6.07 Å². The van der Waals surface area contributed by atoms with E-state index >= 15 is 0 Å². The van der Waals surface area contributed by atoms with Crippen molar-refractivity contribution in [1.82, 2.24) is 15.0 Å². The Morgan fingerprint density at radius 2 is 2.10 bits per heavy atom. The lowest BCUT2D eigenvalue weighted by Crippen LogP contribution is -2.38. The highest BCUT2D eigenvalue weighted by Crippen LogP contribution is 2.17. The van der Waals surface area contributed by atoms with Crippen molar-refractivity contribution in [3.63, 3.8) is 0 Å². The average molecular weight is 290 g/mol. The van der Waals surface area contributed by atoms with E-state index in [1.54, 1.807) is 0 Å². The molecule has 1 atom stereocenters. The number of imidazole rings is 1. The minimum atomic E-state index is 0.184. The van der Waals surface area contributed by atoms with E-state index in [-0.39, 0.29) is 6.04 Å². The number of nitrogens with one attached hydrogen (secondary N) is 1. The zero-order valence-corrected chi connectivity index (χ0v) is 13.0. The summed E-state index contributed by atoms with van der Waals surface area (Å²) < 4.78 is 7.80. The molecule has 0 amide bonds. The zero-order valence-electron chi connectivity index (χ0n) is 13.0. The van der Waals surface area contributed by atoms with Gasteiger partial charge in [-0.25, -0.2) is 4.98 Å². The van der Waals surface area contributed by atoms with Crippen molar-refractivity contribution < 1.29 is 4.74 Å². The molecule has 5 nitrogen and oxygen atoms in total. The number of benzene rings is 1. The number of nitrogens with two attached hydrogens (primary N) is 1. The van der Waals surface area contributed by atoms with Gasteiger partial charge in [0.2, 0.25) is 0 Å². The van der Waals surface area contributed by atoms with Gasteiger partial charge in [0.25, 0.3) is 0 Å². The predicted octanol–water partition coefficient (Wildman–Crippen LogP) is 2.25. The monoisotopic (exact) mass is 290 g/mol. The molecule has 116 valence electrons. The molecule has 1 unspecified atom stereocenters. The van der Waals surface area contributed by atoms with Gasteiger partial charge in [0.15, 0.2) is 0 Å². The number of nitrogens with zero attached hydrogens (tertiary/aromatic N) is 2. The van der Waals surface area contributed by atoms with E-state index in [9.17, 15) is 0 Å². The van der Waals surface area contributed by atoms with Crippen LogP contribution in [0.25, 0.3) is 11.0 Å². The fraction of sp³-hybridized carbons (Fsp3) is 0.562. The van der Waals surface area contributed by atoms with Gasteiger partial charge in [0, 0.05) is 32.2 Å². The molecule has 0 fully saturated rings. The molecule has 0 radical (unpaired) electrons. The lowest BCUT2D eigenvalue weighted by atomic mass is 10.1. The predicted molar refractivity (Wildman–Crippen MR) is 85.9 cm³/mol. The molecule has 0 aliphatic heterocycles. The largest absolute Gasteiger partial charge is 0.381 e. The minimum Gasteiger partial charge on any atom is -0.381 e. The van der Waals surface area contributed by atoms with Gasteiger partial charge in [0.1, 0.15) is 5.82 Å². The van der Waals surface area contributed by atoms with E-state index < -0.39 is 0 Å². The normalized spacial score (nSPS) is 12.9. The Balaban J connectivity index is 2.06. The minimum absolute atomic E-state index is 0.184. The summed E-state index contributed by atoms with van der Waals surface area (Å²) in [6.07, 6.45) is 2.75. The Morgan fingerprint density at radius 3 is 2.81 bits per heavy atom. The number of rotatable bonds is 9. The summed E-state index contributed by atoms with van der Waals surface area (Å²) in [5, 5.41) is 0. The number of ether oxygens (including phenoxy) is 1. The summed E-state index contributed by atoms with van der Waals surface area (Å²) in [4.78, 5) is 4.74. The first-order valence-electron chi connectivity index (χ1n) is 7.78. The van der Waals surface area contributed by atoms with Gasteiger partial charge in [-0.1, -0.05) is 19.1 Å². The lowest BCUT2D eigenvalue weighted by Gasteiger charge is -2.16. The Morgan fingerprint density at radius 1 is 1.29 bits per heavy atom. The molecule has 3 N–H and O–H groups in total. The molecule has 0 spiro atoms. The van der Waals surface area contributed by atoms with Gasteiger partial charge in [-0.3, -0.25) is 11.3 Å². The molecule has 1 heterocycles. The average Bonchev–Trinajstić information content (AvgIpc) is 2.87. The van der Waals surface area contributed by atoms with Crippen molar-refractivity contribution in [3.05, 3.63) is 30.1 Å². The highest BCUT2D eigenvalue weighted by atomic mass is 16.5. The maximum absolute atomic E-state index is 5.68. The zero-order chi connectivity index (χ0) is 15.1. The molecule has 0 bridgehead atoms. The maximum atomic E-state index is 5.68. The number of aromatic nitrogens is 2. The smallest absolute Gasteiger partial charge is 0.111 e. The SMILES string of the molecule is CCCOCCC(Cc1nc2ccccc2n1CC)NN. The van der Waals surface area contributed by atoms with Crippen LogP contribution < -0.4 is 11.3 Å². The maximum Gasteiger partial charge on any atom is 0.111 e. The van der Waals surface area contributed by atoms with Crippen LogP contribution >= 0.6 is 0 Å². The quantitative estimate of drug-likeness (QED) is 0.422. The third-order valence-electron chi connectivity index (χ3n) is 3.67. The molecule has 2 aromatic rings. The second-order valence-corrected chi connectivity index (χ2v) is 5.23. The molecular formula is C16H26N4O. The van der Waals surface area contributed by atoms with Crippen molar-refractivity contribution in [1.29, 1.82) is 0 Å². The molecule has 21 heavy (non-hydrogen) atoms. The van der Waals surface area contributed by atoms with Gasteiger partial charge < -0.3 is 9.30 Å². The molecule has 0 aliphatic rings. The topological polar surface area (TPSA) is 65.1 Å². The van der Waals surface area contributed by atoms with Crippen LogP contribution in [0.15, 0.2) is 24.3 Å². The summed E-state index contributed by atoms with van der Waals surface area (Å²) in [6, 6.07) is 8.43. The van der Waals surface area contributed by atoms with Crippen LogP contribution in [0.3, 0.4) is 0 Å². The van der Waals surface area contributed by atoms with Crippen LogP contribution in [0.4, 0.5) is 0 Å². The van der Waals surface area contributed by atoms with Gasteiger partial charge in [-0.2, -0.15) is 0 Å². The molecule has 0 saturated heterocycles. The number of aryl methyl sites for hydroxylation is 1. The second kappa shape index (κ2) is 8.12. The van der Waals surface area contributed by atoms with E-state index in [2.05, 4.69) is 42.0 Å². The first-order valence-corrected chi connectivity index (χ1v) is 7.78. The van der Waals surface area contributed by atoms with Crippen LogP contribution in [0, 0.1) is 0 Å². The summed E-state index contributed by atoms with van der Waals surface area (Å²) >= 11 is 0. The van der Waals surface area contributed by atoms with Crippen molar-refractivity contribution in [2.75, 3.05) is 13.2 Å². The summed E-state index contributed by atoms with van der Waals surface area (Å²) in [7, 11) is 0. The van der Waals surface area contributed by atoms with Crippen LogP contribution in [-0.2, 0) is 17.7 Å². The van der Waals surface area contributed by atoms with Crippen LogP contribution in [-0.4, -0.2) is 28.8 Å². The van der Waals surface area contributed by atoms with Gasteiger partial charge in [-0.05, 0) is 31.9 Å². The van der Waals surface area contributed by atoms with E-state index in [1.165, 1.54) is 5.52 Å². The van der Waals surface area contributed by atoms with Gasteiger partial charge in [-0.15, -0.1) is 0 Å². The van der Waals surface area contributed by atoms with Crippen molar-refractivity contribution in [3.8, 4) is 0 Å². The number of hydrazine groups is 1. The highest BCUT2D eigenvalue weighted by molar-refractivity contribution is 5.75. The Labute approximate surface area is 126 Å². The first kappa shape index (κ1) is 15.9. The molecule has 2 rings (SSSR count). The van der Waals surface area contributed by atoms with E-state index in [4.69, 9.17) is 15.6 Å². The van der Waals surface area contributed by atoms with Crippen LogP contribution in [0.1, 0.15) is 32.5 Å². The Bertz CT molecular complexity index is 552. The summed E-state index contributed by atoms with van der Waals surface area (Å²) in [5.74, 6) is 6.76. The van der Waals surface area contributed by atoms with E-state index in [0.717, 1.165) is 50.4 Å².